The lowest BCUT2D eigenvalue weighted by atomic mass is 9.95. The van der Waals surface area contributed by atoms with Crippen LogP contribution in [0.15, 0.2) is 78.9 Å². The van der Waals surface area contributed by atoms with E-state index in [1.54, 1.807) is 6.07 Å². The minimum Gasteiger partial charge on any atom is -0.838 e. The zero-order valence-electron chi connectivity index (χ0n) is 12.7. The number of benzene rings is 3. The van der Waals surface area contributed by atoms with E-state index in [0.29, 0.717) is 11.7 Å². The van der Waals surface area contributed by atoms with Gasteiger partial charge in [-0.05, 0) is 35.1 Å². The summed E-state index contributed by atoms with van der Waals surface area (Å²) in [6.07, 6.45) is 1.36. The van der Waals surface area contributed by atoms with Gasteiger partial charge in [0.15, 0.2) is 0 Å². The summed E-state index contributed by atoms with van der Waals surface area (Å²) in [6, 6.07) is 25.6. The lowest BCUT2D eigenvalue weighted by Crippen LogP contribution is -2.24. The van der Waals surface area contributed by atoms with E-state index in [4.69, 9.17) is 0 Å². The first-order valence-corrected chi connectivity index (χ1v) is 8.75. The lowest BCUT2D eigenvalue weighted by molar-refractivity contribution is -0.287. The number of hydrogen-bond donors (Lipinski definition) is 0. The van der Waals surface area contributed by atoms with Crippen LogP contribution in [0.2, 0.25) is 0 Å². The van der Waals surface area contributed by atoms with Gasteiger partial charge in [0.25, 0.3) is 0 Å². The van der Waals surface area contributed by atoms with E-state index in [9.17, 15) is 9.79 Å². The molecule has 0 radical (unpaired) electrons. The summed E-state index contributed by atoms with van der Waals surface area (Å²) < 4.78 is 0. The van der Waals surface area contributed by atoms with Gasteiger partial charge in [-0.25, -0.2) is 0 Å². The lowest BCUT2D eigenvalue weighted by Gasteiger charge is -2.34. The van der Waals surface area contributed by atoms with E-state index in [1.165, 1.54) is 5.56 Å². The van der Waals surface area contributed by atoms with Gasteiger partial charge in [0.1, 0.15) is 0 Å². The SMILES string of the molecule is [O-]P([O-])c1cccc(Cc2ccccc2)c1Cc1ccccc1. The molecule has 3 aromatic carbocycles. The highest BCUT2D eigenvalue weighted by molar-refractivity contribution is 7.51. The van der Waals surface area contributed by atoms with Crippen molar-refractivity contribution in [2.45, 2.75) is 12.8 Å². The van der Waals surface area contributed by atoms with Crippen LogP contribution >= 0.6 is 8.38 Å². The predicted octanol–water partition coefficient (Wildman–Crippen LogP) is 2.53. The fourth-order valence-electron chi connectivity index (χ4n) is 2.78. The first kappa shape index (κ1) is 15.9. The molecule has 0 N–H and O–H groups in total. The Labute approximate surface area is 138 Å². The summed E-state index contributed by atoms with van der Waals surface area (Å²) in [5.74, 6) is 0. The second-order valence-corrected chi connectivity index (χ2v) is 6.49. The predicted molar refractivity (Wildman–Crippen MR) is 91.5 cm³/mol. The first-order chi connectivity index (χ1) is 11.2. The van der Waals surface area contributed by atoms with Crippen LogP contribution in [0.3, 0.4) is 0 Å². The van der Waals surface area contributed by atoms with Crippen molar-refractivity contribution < 1.29 is 9.79 Å². The molecule has 3 aromatic rings. The molecule has 0 saturated carbocycles. The second-order valence-electron chi connectivity index (χ2n) is 5.50. The maximum Gasteiger partial charge on any atom is -0.00175 e. The molecule has 23 heavy (non-hydrogen) atoms. The van der Waals surface area contributed by atoms with Crippen molar-refractivity contribution in [3.8, 4) is 0 Å². The van der Waals surface area contributed by atoms with Gasteiger partial charge >= 0.3 is 0 Å². The van der Waals surface area contributed by atoms with Gasteiger partial charge in [-0.15, -0.1) is 0 Å². The van der Waals surface area contributed by atoms with Gasteiger partial charge in [0, 0.05) is 0 Å². The van der Waals surface area contributed by atoms with Crippen molar-refractivity contribution in [1.82, 2.24) is 0 Å². The molecule has 0 amide bonds. The van der Waals surface area contributed by atoms with Crippen molar-refractivity contribution in [2.75, 3.05) is 0 Å². The average Bonchev–Trinajstić information content (AvgIpc) is 2.58. The van der Waals surface area contributed by atoms with Crippen molar-refractivity contribution in [3.63, 3.8) is 0 Å². The third-order valence-electron chi connectivity index (χ3n) is 3.91. The standard InChI is InChI=1S/C20H17O2P/c21-23(22)20-13-7-12-18(14-16-8-3-1-4-9-16)19(20)15-17-10-5-2-6-11-17/h1-13H,14-15H2/q-2. The molecule has 0 aromatic heterocycles. The van der Waals surface area contributed by atoms with Crippen LogP contribution in [-0.2, 0) is 12.8 Å². The quantitative estimate of drug-likeness (QED) is 0.678. The molecule has 0 atom stereocenters. The summed E-state index contributed by atoms with van der Waals surface area (Å²) in [7, 11) is -2.60. The Morgan fingerprint density at radius 1 is 0.609 bits per heavy atom. The molecule has 2 nitrogen and oxygen atoms in total. The average molecular weight is 320 g/mol. The van der Waals surface area contributed by atoms with E-state index in [-0.39, 0.29) is 0 Å². The minimum atomic E-state index is -2.60. The van der Waals surface area contributed by atoms with Crippen LogP contribution in [0.4, 0.5) is 0 Å². The smallest absolute Gasteiger partial charge is 0.00175 e. The van der Waals surface area contributed by atoms with E-state index in [1.807, 2.05) is 60.7 Å². The van der Waals surface area contributed by atoms with Crippen LogP contribution in [0.1, 0.15) is 22.3 Å². The van der Waals surface area contributed by atoms with Gasteiger partial charge in [0.05, 0.1) is 0 Å². The Kier molecular flexibility index (Phi) is 5.19. The zero-order valence-corrected chi connectivity index (χ0v) is 13.6. The van der Waals surface area contributed by atoms with Crippen LogP contribution in [0.25, 0.3) is 0 Å². The van der Waals surface area contributed by atoms with Crippen molar-refractivity contribution >= 4 is 13.7 Å². The molecule has 0 aliphatic carbocycles. The van der Waals surface area contributed by atoms with Crippen LogP contribution < -0.4 is 15.1 Å². The van der Waals surface area contributed by atoms with Crippen LogP contribution in [0, 0.1) is 0 Å². The summed E-state index contributed by atoms with van der Waals surface area (Å²) in [5, 5.41) is 0.428. The van der Waals surface area contributed by atoms with E-state index in [2.05, 4.69) is 12.1 Å². The molecular weight excluding hydrogens is 303 g/mol. The molecule has 3 heteroatoms. The molecule has 0 fully saturated rings. The minimum absolute atomic E-state index is 0.428. The molecule has 0 bridgehead atoms. The highest BCUT2D eigenvalue weighted by atomic mass is 31.2. The molecule has 0 spiro atoms. The van der Waals surface area contributed by atoms with E-state index < -0.39 is 8.38 Å². The van der Waals surface area contributed by atoms with Gasteiger partial charge in [-0.1, -0.05) is 84.2 Å². The maximum absolute atomic E-state index is 11.7. The van der Waals surface area contributed by atoms with Crippen molar-refractivity contribution in [3.05, 3.63) is 101 Å². The Hall–Kier alpha value is -1.99. The van der Waals surface area contributed by atoms with Crippen LogP contribution in [-0.4, -0.2) is 0 Å². The summed E-state index contributed by atoms with van der Waals surface area (Å²) in [5.41, 5.74) is 4.27. The largest absolute Gasteiger partial charge is 0.838 e. The van der Waals surface area contributed by atoms with Gasteiger partial charge in [0.2, 0.25) is 0 Å². The monoisotopic (exact) mass is 320 g/mol. The van der Waals surface area contributed by atoms with Crippen molar-refractivity contribution in [1.29, 1.82) is 0 Å². The van der Waals surface area contributed by atoms with Crippen LogP contribution in [0.5, 0.6) is 0 Å². The molecule has 3 rings (SSSR count). The fourth-order valence-corrected chi connectivity index (χ4v) is 3.43. The maximum atomic E-state index is 11.7. The molecule has 0 unspecified atom stereocenters. The topological polar surface area (TPSA) is 46.1 Å². The Morgan fingerprint density at radius 3 is 1.74 bits per heavy atom. The summed E-state index contributed by atoms with van der Waals surface area (Å²) in [6.45, 7) is 0. The zero-order chi connectivity index (χ0) is 16.1. The van der Waals surface area contributed by atoms with E-state index >= 15 is 0 Å². The van der Waals surface area contributed by atoms with Gasteiger partial charge in [-0.3, -0.25) is 8.38 Å². The highest BCUT2D eigenvalue weighted by Crippen LogP contribution is 2.23. The summed E-state index contributed by atoms with van der Waals surface area (Å²) in [4.78, 5) is 23.3. The first-order valence-electron chi connectivity index (χ1n) is 7.57. The number of hydrogen-bond acceptors (Lipinski definition) is 2. The van der Waals surface area contributed by atoms with Gasteiger partial charge < -0.3 is 9.79 Å². The summed E-state index contributed by atoms with van der Waals surface area (Å²) >= 11 is 0. The van der Waals surface area contributed by atoms with Gasteiger partial charge in [-0.2, -0.15) is 0 Å². The molecular formula is C20H17O2P-2. The van der Waals surface area contributed by atoms with E-state index in [0.717, 1.165) is 23.1 Å². The molecule has 0 aliphatic rings. The second kappa shape index (κ2) is 7.52. The van der Waals surface area contributed by atoms with Crippen molar-refractivity contribution in [2.24, 2.45) is 0 Å². The molecule has 116 valence electrons. The highest BCUT2D eigenvalue weighted by Gasteiger charge is 2.08. The third-order valence-corrected chi connectivity index (χ3v) is 4.72. The Bertz CT molecular complexity index is 755. The third kappa shape index (κ3) is 4.05. The molecule has 0 heterocycles. The Balaban J connectivity index is 1.99. The fraction of sp³-hybridized carbons (Fsp3) is 0.100. The normalized spacial score (nSPS) is 10.9. The molecule has 0 saturated heterocycles. The number of rotatable bonds is 5. The molecule has 0 aliphatic heterocycles. The Morgan fingerprint density at radius 2 is 1.17 bits per heavy atom.